The van der Waals surface area contributed by atoms with Gasteiger partial charge < -0.3 is 10.1 Å². The molecule has 0 unspecified atom stereocenters. The van der Waals surface area contributed by atoms with Crippen LogP contribution in [0.4, 0.5) is 0 Å². The van der Waals surface area contributed by atoms with Crippen molar-refractivity contribution in [3.05, 3.63) is 28.8 Å². The fourth-order valence-electron chi connectivity index (χ4n) is 1.65. The van der Waals surface area contributed by atoms with Crippen LogP contribution in [0.3, 0.4) is 0 Å². The number of benzene rings is 1. The van der Waals surface area contributed by atoms with E-state index in [1.807, 2.05) is 12.1 Å². The van der Waals surface area contributed by atoms with E-state index in [0.29, 0.717) is 23.6 Å². The van der Waals surface area contributed by atoms with E-state index >= 15 is 0 Å². The Kier molecular flexibility index (Phi) is 4.30. The van der Waals surface area contributed by atoms with Crippen LogP contribution < -0.4 is 10.1 Å². The van der Waals surface area contributed by atoms with Crippen LogP contribution in [0, 0.1) is 5.92 Å². The molecule has 0 heterocycles. The zero-order valence-electron chi connectivity index (χ0n) is 10.5. The molecule has 1 fully saturated rings. The molecule has 1 aromatic rings. The standard InChI is InChI=1S/C14H20ClNO/c1-10(2)9-17-14-11(4-3-5-13(14)15)8-16-12-6-7-12/h3-5,10,12,16H,6-9H2,1-2H3. The number of nitrogens with one attached hydrogen (secondary N) is 1. The predicted octanol–water partition coefficient (Wildman–Crippen LogP) is 3.63. The molecule has 0 bridgehead atoms. The summed E-state index contributed by atoms with van der Waals surface area (Å²) in [7, 11) is 0. The van der Waals surface area contributed by atoms with Crippen LogP contribution in [0.5, 0.6) is 5.75 Å². The minimum absolute atomic E-state index is 0.510. The molecule has 0 amide bonds. The Morgan fingerprint density at radius 3 is 2.82 bits per heavy atom. The summed E-state index contributed by atoms with van der Waals surface area (Å²) in [5.41, 5.74) is 1.16. The molecule has 1 aromatic carbocycles. The molecule has 2 rings (SSSR count). The van der Waals surface area contributed by atoms with E-state index in [0.717, 1.165) is 17.9 Å². The van der Waals surface area contributed by atoms with Crippen LogP contribution in [0.1, 0.15) is 32.3 Å². The Labute approximate surface area is 108 Å². The maximum Gasteiger partial charge on any atom is 0.142 e. The molecule has 3 heteroatoms. The number of halogens is 1. The quantitative estimate of drug-likeness (QED) is 0.836. The number of rotatable bonds is 6. The summed E-state index contributed by atoms with van der Waals surface area (Å²) in [6, 6.07) is 6.65. The van der Waals surface area contributed by atoms with Gasteiger partial charge in [-0.05, 0) is 24.8 Å². The maximum atomic E-state index is 6.19. The highest BCUT2D eigenvalue weighted by atomic mass is 35.5. The van der Waals surface area contributed by atoms with Gasteiger partial charge >= 0.3 is 0 Å². The van der Waals surface area contributed by atoms with E-state index in [9.17, 15) is 0 Å². The highest BCUT2D eigenvalue weighted by Crippen LogP contribution is 2.30. The van der Waals surface area contributed by atoms with Crippen molar-refractivity contribution in [2.24, 2.45) is 5.92 Å². The summed E-state index contributed by atoms with van der Waals surface area (Å²) >= 11 is 6.19. The number of hydrogen-bond donors (Lipinski definition) is 1. The molecule has 0 aliphatic heterocycles. The van der Waals surface area contributed by atoms with Gasteiger partial charge in [-0.3, -0.25) is 0 Å². The third kappa shape index (κ3) is 3.90. The Balaban J connectivity index is 2.03. The number of ether oxygens (including phenoxy) is 1. The Morgan fingerprint density at radius 2 is 2.18 bits per heavy atom. The summed E-state index contributed by atoms with van der Waals surface area (Å²) < 4.78 is 5.81. The van der Waals surface area contributed by atoms with Crippen LogP contribution in [0.25, 0.3) is 0 Å². The van der Waals surface area contributed by atoms with Crippen molar-refractivity contribution in [1.82, 2.24) is 5.32 Å². The highest BCUT2D eigenvalue weighted by Gasteiger charge is 2.21. The Morgan fingerprint density at radius 1 is 1.41 bits per heavy atom. The van der Waals surface area contributed by atoms with E-state index in [1.54, 1.807) is 0 Å². The lowest BCUT2D eigenvalue weighted by atomic mass is 10.2. The smallest absolute Gasteiger partial charge is 0.142 e. The average molecular weight is 254 g/mol. The third-order valence-electron chi connectivity index (χ3n) is 2.77. The van der Waals surface area contributed by atoms with E-state index in [4.69, 9.17) is 16.3 Å². The lowest BCUT2D eigenvalue weighted by Crippen LogP contribution is -2.16. The molecule has 1 aliphatic rings. The normalized spacial score (nSPS) is 15.3. The van der Waals surface area contributed by atoms with Crippen LogP contribution in [0.2, 0.25) is 5.02 Å². The summed E-state index contributed by atoms with van der Waals surface area (Å²) in [4.78, 5) is 0. The Hall–Kier alpha value is -0.730. The van der Waals surface area contributed by atoms with Crippen LogP contribution >= 0.6 is 11.6 Å². The summed E-state index contributed by atoms with van der Waals surface area (Å²) in [6.07, 6.45) is 2.59. The molecule has 0 aromatic heterocycles. The predicted molar refractivity (Wildman–Crippen MR) is 71.6 cm³/mol. The van der Waals surface area contributed by atoms with Gasteiger partial charge in [0.2, 0.25) is 0 Å². The minimum Gasteiger partial charge on any atom is -0.491 e. The summed E-state index contributed by atoms with van der Waals surface area (Å²) in [5.74, 6) is 1.35. The molecule has 0 radical (unpaired) electrons. The maximum absolute atomic E-state index is 6.19. The molecular formula is C14H20ClNO. The van der Waals surface area contributed by atoms with Gasteiger partial charge in [-0.2, -0.15) is 0 Å². The van der Waals surface area contributed by atoms with Gasteiger partial charge in [0.25, 0.3) is 0 Å². The molecule has 0 spiro atoms. The summed E-state index contributed by atoms with van der Waals surface area (Å²) in [6.45, 7) is 5.83. The van der Waals surface area contributed by atoms with Gasteiger partial charge in [0, 0.05) is 18.2 Å². The highest BCUT2D eigenvalue weighted by molar-refractivity contribution is 6.32. The second-order valence-electron chi connectivity index (χ2n) is 5.09. The third-order valence-corrected chi connectivity index (χ3v) is 3.07. The van der Waals surface area contributed by atoms with Gasteiger partial charge in [-0.15, -0.1) is 0 Å². The monoisotopic (exact) mass is 253 g/mol. The topological polar surface area (TPSA) is 21.3 Å². The van der Waals surface area contributed by atoms with Crippen LogP contribution in [0.15, 0.2) is 18.2 Å². The first-order valence-electron chi connectivity index (χ1n) is 6.30. The van der Waals surface area contributed by atoms with E-state index in [1.165, 1.54) is 12.8 Å². The molecular weight excluding hydrogens is 234 g/mol. The van der Waals surface area contributed by atoms with Gasteiger partial charge in [0.05, 0.1) is 11.6 Å². The average Bonchev–Trinajstić information content (AvgIpc) is 3.08. The number of para-hydroxylation sites is 1. The van der Waals surface area contributed by atoms with Gasteiger partial charge in [0.15, 0.2) is 0 Å². The first-order valence-corrected chi connectivity index (χ1v) is 6.68. The van der Waals surface area contributed by atoms with Crippen molar-refractivity contribution >= 4 is 11.6 Å². The van der Waals surface area contributed by atoms with E-state index in [-0.39, 0.29) is 0 Å². The van der Waals surface area contributed by atoms with Crippen molar-refractivity contribution in [3.63, 3.8) is 0 Å². The molecule has 0 saturated heterocycles. The van der Waals surface area contributed by atoms with Crippen molar-refractivity contribution < 1.29 is 4.74 Å². The van der Waals surface area contributed by atoms with Crippen LogP contribution in [-0.2, 0) is 6.54 Å². The second-order valence-corrected chi connectivity index (χ2v) is 5.50. The molecule has 1 aliphatic carbocycles. The van der Waals surface area contributed by atoms with Crippen molar-refractivity contribution in [2.75, 3.05) is 6.61 Å². The largest absolute Gasteiger partial charge is 0.491 e. The van der Waals surface area contributed by atoms with Gasteiger partial charge in [-0.1, -0.05) is 37.6 Å². The summed E-state index contributed by atoms with van der Waals surface area (Å²) in [5, 5.41) is 4.20. The second kappa shape index (κ2) is 5.74. The van der Waals surface area contributed by atoms with Crippen molar-refractivity contribution in [1.29, 1.82) is 0 Å². The molecule has 2 nitrogen and oxygen atoms in total. The fourth-order valence-corrected chi connectivity index (χ4v) is 1.89. The molecule has 1 saturated carbocycles. The van der Waals surface area contributed by atoms with Gasteiger partial charge in [-0.25, -0.2) is 0 Å². The SMILES string of the molecule is CC(C)COc1c(Cl)cccc1CNC1CC1. The van der Waals surface area contributed by atoms with E-state index < -0.39 is 0 Å². The first kappa shape index (κ1) is 12.7. The molecule has 0 atom stereocenters. The van der Waals surface area contributed by atoms with Gasteiger partial charge in [0.1, 0.15) is 5.75 Å². The van der Waals surface area contributed by atoms with E-state index in [2.05, 4.69) is 25.2 Å². The van der Waals surface area contributed by atoms with Crippen molar-refractivity contribution in [2.45, 2.75) is 39.3 Å². The zero-order valence-corrected chi connectivity index (χ0v) is 11.3. The minimum atomic E-state index is 0.510. The first-order chi connectivity index (χ1) is 8.16. The zero-order chi connectivity index (χ0) is 12.3. The lowest BCUT2D eigenvalue weighted by Gasteiger charge is -2.15. The lowest BCUT2D eigenvalue weighted by molar-refractivity contribution is 0.268. The Bertz CT molecular complexity index is 374. The number of hydrogen-bond acceptors (Lipinski definition) is 2. The molecule has 94 valence electrons. The van der Waals surface area contributed by atoms with Crippen molar-refractivity contribution in [3.8, 4) is 5.75 Å². The fraction of sp³-hybridized carbons (Fsp3) is 0.571. The molecule has 17 heavy (non-hydrogen) atoms. The van der Waals surface area contributed by atoms with Crippen LogP contribution in [-0.4, -0.2) is 12.6 Å². The molecule has 1 N–H and O–H groups in total.